The fourth-order valence-electron chi connectivity index (χ4n) is 1.34. The molecule has 0 aliphatic heterocycles. The van der Waals surface area contributed by atoms with Crippen molar-refractivity contribution < 1.29 is 9.90 Å². The number of benzene rings is 1. The lowest BCUT2D eigenvalue weighted by Crippen LogP contribution is -2.33. The molecular weight excluding hydrogens is 228 g/mol. The number of aromatic amines is 1. The van der Waals surface area contributed by atoms with Crippen molar-refractivity contribution in [2.75, 3.05) is 6.54 Å². The summed E-state index contributed by atoms with van der Waals surface area (Å²) in [6.45, 7) is 5.56. The van der Waals surface area contributed by atoms with Crippen molar-refractivity contribution in [3.63, 3.8) is 0 Å². The summed E-state index contributed by atoms with van der Waals surface area (Å²) in [5, 5.41) is 12.3. The maximum Gasteiger partial charge on any atom is 0.320 e. The van der Waals surface area contributed by atoms with E-state index in [-0.39, 0.29) is 0 Å². The van der Waals surface area contributed by atoms with Crippen LogP contribution < -0.4 is 5.32 Å². The maximum absolute atomic E-state index is 10.1. The number of carboxylic acid groups (broad SMARTS) is 1. The van der Waals surface area contributed by atoms with E-state index in [1.54, 1.807) is 13.0 Å². The van der Waals surface area contributed by atoms with Crippen LogP contribution in [0.15, 0.2) is 49.2 Å². The average molecular weight is 246 g/mol. The van der Waals surface area contributed by atoms with Gasteiger partial charge in [-0.15, -0.1) is 6.58 Å². The lowest BCUT2D eigenvalue weighted by Gasteiger charge is -2.04. The van der Waals surface area contributed by atoms with Crippen LogP contribution in [0, 0.1) is 0 Å². The van der Waals surface area contributed by atoms with Crippen LogP contribution in [-0.2, 0) is 4.79 Å². The van der Waals surface area contributed by atoms with Crippen LogP contribution in [-0.4, -0.2) is 28.6 Å². The Balaban J connectivity index is 0.000000180. The van der Waals surface area contributed by atoms with Crippen molar-refractivity contribution in [1.82, 2.24) is 10.3 Å². The molecule has 1 atom stereocenters. The highest BCUT2D eigenvalue weighted by molar-refractivity contribution is 5.78. The Morgan fingerprint density at radius 3 is 2.83 bits per heavy atom. The lowest BCUT2D eigenvalue weighted by atomic mass is 10.3. The molecule has 0 unspecified atom stereocenters. The summed E-state index contributed by atoms with van der Waals surface area (Å²) in [4.78, 5) is 13.2. The minimum absolute atomic E-state index is 0.483. The van der Waals surface area contributed by atoms with Gasteiger partial charge in [0.05, 0.1) is 0 Å². The Morgan fingerprint density at radius 1 is 1.50 bits per heavy atom. The molecule has 2 aromatic rings. The minimum Gasteiger partial charge on any atom is -0.480 e. The molecule has 0 aliphatic rings. The fraction of sp³-hybridized carbons (Fsp3) is 0.214. The van der Waals surface area contributed by atoms with E-state index < -0.39 is 12.0 Å². The van der Waals surface area contributed by atoms with Crippen molar-refractivity contribution in [3.05, 3.63) is 49.2 Å². The second-order valence-corrected chi connectivity index (χ2v) is 3.82. The number of hydrogen-bond acceptors (Lipinski definition) is 2. The Kier molecular flexibility index (Phi) is 5.67. The van der Waals surface area contributed by atoms with E-state index in [0.29, 0.717) is 6.54 Å². The standard InChI is InChI=1S/C8H7N.C6H11NO2/c1-2-4-8-7(3-1)5-6-9-8;1-3-4-7-5(2)6(8)9/h1-6,9H;3,5,7H,1,4H2,2H3,(H,8,9)/t;5-/m.0/s1. The Labute approximate surface area is 106 Å². The highest BCUT2D eigenvalue weighted by Crippen LogP contribution is 2.09. The third-order valence-electron chi connectivity index (χ3n) is 2.40. The largest absolute Gasteiger partial charge is 0.480 e. The smallest absolute Gasteiger partial charge is 0.320 e. The zero-order valence-corrected chi connectivity index (χ0v) is 10.4. The van der Waals surface area contributed by atoms with E-state index >= 15 is 0 Å². The molecule has 0 radical (unpaired) electrons. The summed E-state index contributed by atoms with van der Waals surface area (Å²) >= 11 is 0. The van der Waals surface area contributed by atoms with Gasteiger partial charge in [0.15, 0.2) is 0 Å². The van der Waals surface area contributed by atoms with Gasteiger partial charge in [-0.1, -0.05) is 24.3 Å². The van der Waals surface area contributed by atoms with Crippen molar-refractivity contribution in [2.45, 2.75) is 13.0 Å². The van der Waals surface area contributed by atoms with E-state index in [0.717, 1.165) is 0 Å². The molecule has 0 spiro atoms. The zero-order chi connectivity index (χ0) is 13.4. The number of fused-ring (bicyclic) bond motifs is 1. The summed E-state index contributed by atoms with van der Waals surface area (Å²) < 4.78 is 0. The highest BCUT2D eigenvalue weighted by atomic mass is 16.4. The van der Waals surface area contributed by atoms with Crippen molar-refractivity contribution in [2.24, 2.45) is 0 Å². The summed E-state index contributed by atoms with van der Waals surface area (Å²) in [5.41, 5.74) is 1.21. The number of rotatable bonds is 4. The predicted molar refractivity (Wildman–Crippen MR) is 73.6 cm³/mol. The van der Waals surface area contributed by atoms with Crippen molar-refractivity contribution in [3.8, 4) is 0 Å². The maximum atomic E-state index is 10.1. The number of aromatic nitrogens is 1. The van der Waals surface area contributed by atoms with Gasteiger partial charge in [-0.3, -0.25) is 4.79 Å². The Bertz CT molecular complexity index is 475. The highest BCUT2D eigenvalue weighted by Gasteiger charge is 2.06. The Hall–Kier alpha value is -2.07. The van der Waals surface area contributed by atoms with E-state index in [4.69, 9.17) is 5.11 Å². The number of nitrogens with one attached hydrogen (secondary N) is 2. The van der Waals surface area contributed by atoms with Gasteiger partial charge in [0, 0.05) is 18.3 Å². The normalized spacial score (nSPS) is 11.4. The first-order valence-corrected chi connectivity index (χ1v) is 5.74. The van der Waals surface area contributed by atoms with E-state index in [1.807, 2.05) is 18.3 Å². The molecule has 1 heterocycles. The SMILES string of the molecule is C=CCN[C@@H](C)C(=O)O.c1ccc2[nH]ccc2c1. The van der Waals surface area contributed by atoms with E-state index in [9.17, 15) is 4.79 Å². The average Bonchev–Trinajstić information content (AvgIpc) is 2.84. The van der Waals surface area contributed by atoms with Crippen molar-refractivity contribution in [1.29, 1.82) is 0 Å². The van der Waals surface area contributed by atoms with Gasteiger partial charge in [-0.25, -0.2) is 0 Å². The van der Waals surface area contributed by atoms with Gasteiger partial charge >= 0.3 is 5.97 Å². The van der Waals surface area contributed by atoms with Crippen LogP contribution in [0.1, 0.15) is 6.92 Å². The number of hydrogen-bond donors (Lipinski definition) is 3. The van der Waals surface area contributed by atoms with E-state index in [2.05, 4.69) is 35.1 Å². The third-order valence-corrected chi connectivity index (χ3v) is 2.40. The topological polar surface area (TPSA) is 65.1 Å². The molecule has 4 heteroatoms. The molecular formula is C14H18N2O2. The second kappa shape index (κ2) is 7.29. The number of carbonyl (C=O) groups is 1. The fourth-order valence-corrected chi connectivity index (χ4v) is 1.34. The molecule has 0 bridgehead atoms. The van der Waals surface area contributed by atoms with Gasteiger partial charge in [-0.05, 0) is 24.4 Å². The van der Waals surface area contributed by atoms with Crippen LogP contribution in [0.2, 0.25) is 0 Å². The van der Waals surface area contributed by atoms with Crippen molar-refractivity contribution >= 4 is 16.9 Å². The molecule has 1 aromatic carbocycles. The summed E-state index contributed by atoms with van der Waals surface area (Å²) in [7, 11) is 0. The molecule has 2 rings (SSSR count). The van der Waals surface area contributed by atoms with Gasteiger partial charge in [0.25, 0.3) is 0 Å². The number of para-hydroxylation sites is 1. The number of H-pyrrole nitrogens is 1. The first-order chi connectivity index (χ1) is 8.65. The summed E-state index contributed by atoms with van der Waals surface area (Å²) in [5.74, 6) is -0.836. The lowest BCUT2D eigenvalue weighted by molar-refractivity contribution is -0.138. The van der Waals surface area contributed by atoms with Gasteiger partial charge in [-0.2, -0.15) is 0 Å². The number of carboxylic acids is 1. The zero-order valence-electron chi connectivity index (χ0n) is 10.4. The van der Waals surface area contributed by atoms with Crippen LogP contribution in [0.3, 0.4) is 0 Å². The molecule has 0 saturated carbocycles. The van der Waals surface area contributed by atoms with Gasteiger partial charge < -0.3 is 15.4 Å². The predicted octanol–water partition coefficient (Wildman–Crippen LogP) is 2.40. The van der Waals surface area contributed by atoms with Crippen LogP contribution >= 0.6 is 0 Å². The first-order valence-electron chi connectivity index (χ1n) is 5.74. The van der Waals surface area contributed by atoms with Gasteiger partial charge in [0.2, 0.25) is 0 Å². The second-order valence-electron chi connectivity index (χ2n) is 3.82. The van der Waals surface area contributed by atoms with Gasteiger partial charge in [0.1, 0.15) is 6.04 Å². The molecule has 0 saturated heterocycles. The quantitative estimate of drug-likeness (QED) is 0.726. The van der Waals surface area contributed by atoms with Crippen LogP contribution in [0.5, 0.6) is 0 Å². The number of aliphatic carboxylic acids is 1. The summed E-state index contributed by atoms with van der Waals surface area (Å²) in [6, 6.07) is 9.80. The summed E-state index contributed by atoms with van der Waals surface area (Å²) in [6.07, 6.45) is 3.57. The molecule has 0 amide bonds. The molecule has 1 aromatic heterocycles. The molecule has 0 fully saturated rings. The van der Waals surface area contributed by atoms with Crippen LogP contribution in [0.4, 0.5) is 0 Å². The molecule has 18 heavy (non-hydrogen) atoms. The minimum atomic E-state index is -0.836. The molecule has 3 N–H and O–H groups in total. The Morgan fingerprint density at radius 2 is 2.22 bits per heavy atom. The van der Waals surface area contributed by atoms with Crippen LogP contribution in [0.25, 0.3) is 10.9 Å². The van der Waals surface area contributed by atoms with E-state index in [1.165, 1.54) is 10.9 Å². The third kappa shape index (κ3) is 4.43. The molecule has 96 valence electrons. The molecule has 0 aliphatic carbocycles. The monoisotopic (exact) mass is 246 g/mol. The molecule has 4 nitrogen and oxygen atoms in total. The first kappa shape index (κ1) is 14.0.